The molecule has 1 saturated heterocycles. The van der Waals surface area contributed by atoms with E-state index in [1.807, 2.05) is 18.7 Å². The summed E-state index contributed by atoms with van der Waals surface area (Å²) in [5.74, 6) is 3.38. The largest absolute Gasteiger partial charge is 0.382 e. The molecule has 0 spiro atoms. The average molecular weight is 262 g/mol. The van der Waals surface area contributed by atoms with E-state index < -0.39 is 0 Å². The monoisotopic (exact) mass is 262 g/mol. The molecule has 0 amide bonds. The summed E-state index contributed by atoms with van der Waals surface area (Å²) < 4.78 is 5.25. The maximum Gasteiger partial charge on any atom is 0.166 e. The van der Waals surface area contributed by atoms with Gasteiger partial charge in [-0.3, -0.25) is 0 Å². The zero-order chi connectivity index (χ0) is 11.6. The van der Waals surface area contributed by atoms with E-state index in [0.29, 0.717) is 0 Å². The minimum atomic E-state index is 0.786. The van der Waals surface area contributed by atoms with Crippen LogP contribution < -0.4 is 10.6 Å². The molecule has 1 atom stereocenters. The van der Waals surface area contributed by atoms with Crippen molar-refractivity contribution in [1.82, 2.24) is 10.6 Å². The van der Waals surface area contributed by atoms with Gasteiger partial charge in [0.1, 0.15) is 0 Å². The van der Waals surface area contributed by atoms with Crippen LogP contribution in [0.15, 0.2) is 0 Å². The first-order chi connectivity index (χ1) is 7.83. The minimum Gasteiger partial charge on any atom is -0.382 e. The first-order valence-corrected chi connectivity index (χ1v) is 7.56. The molecule has 0 radical (unpaired) electrons. The van der Waals surface area contributed by atoms with E-state index in [1.54, 1.807) is 0 Å². The number of hydrogen-bond donors (Lipinski definition) is 2. The minimum absolute atomic E-state index is 0.786. The van der Waals surface area contributed by atoms with E-state index in [-0.39, 0.29) is 0 Å². The Morgan fingerprint density at radius 2 is 2.38 bits per heavy atom. The third-order valence-electron chi connectivity index (χ3n) is 2.53. The lowest BCUT2D eigenvalue weighted by molar-refractivity contribution is 0.145. The summed E-state index contributed by atoms with van der Waals surface area (Å²) in [6.45, 7) is 5.53. The van der Waals surface area contributed by atoms with Crippen molar-refractivity contribution in [3.05, 3.63) is 0 Å². The van der Waals surface area contributed by atoms with Gasteiger partial charge in [0.25, 0.3) is 0 Å². The molecule has 0 aromatic heterocycles. The Labute approximate surface area is 108 Å². The topological polar surface area (TPSA) is 33.3 Å². The van der Waals surface area contributed by atoms with Gasteiger partial charge in [-0.05, 0) is 49.4 Å². The first-order valence-electron chi connectivity index (χ1n) is 6.00. The van der Waals surface area contributed by atoms with Gasteiger partial charge in [-0.1, -0.05) is 0 Å². The Hall–Kier alpha value is 0. The summed E-state index contributed by atoms with van der Waals surface area (Å²) in [7, 11) is 0. The van der Waals surface area contributed by atoms with Gasteiger partial charge in [0.2, 0.25) is 0 Å². The molecule has 5 heteroatoms. The lowest BCUT2D eigenvalue weighted by Crippen LogP contribution is -2.38. The third-order valence-corrected chi connectivity index (χ3v) is 4.05. The van der Waals surface area contributed by atoms with Gasteiger partial charge in [0.15, 0.2) is 5.11 Å². The molecule has 2 N–H and O–H groups in total. The lowest BCUT2D eigenvalue weighted by Gasteiger charge is -2.13. The molecule has 1 unspecified atom stereocenters. The van der Waals surface area contributed by atoms with Crippen LogP contribution in [0.25, 0.3) is 0 Å². The van der Waals surface area contributed by atoms with Gasteiger partial charge < -0.3 is 15.4 Å². The van der Waals surface area contributed by atoms with E-state index in [1.165, 1.54) is 17.9 Å². The Balaban J connectivity index is 1.90. The summed E-state index contributed by atoms with van der Waals surface area (Å²) in [6, 6.07) is 0. The zero-order valence-electron chi connectivity index (χ0n) is 9.96. The molecular formula is C11H22N2OS2. The van der Waals surface area contributed by atoms with Crippen molar-refractivity contribution in [1.29, 1.82) is 0 Å². The maximum absolute atomic E-state index is 5.25. The molecule has 0 aromatic carbocycles. The normalized spacial score (nSPS) is 19.7. The van der Waals surface area contributed by atoms with Gasteiger partial charge in [-0.15, -0.1) is 0 Å². The Bertz CT molecular complexity index is 196. The number of rotatable bonds is 7. The van der Waals surface area contributed by atoms with Crippen LogP contribution >= 0.6 is 24.0 Å². The van der Waals surface area contributed by atoms with Crippen LogP contribution in [0.4, 0.5) is 0 Å². The van der Waals surface area contributed by atoms with Crippen LogP contribution in [0.5, 0.6) is 0 Å². The first kappa shape index (κ1) is 14.1. The summed E-state index contributed by atoms with van der Waals surface area (Å²) in [5.41, 5.74) is 0. The molecule has 1 heterocycles. The van der Waals surface area contributed by atoms with E-state index in [2.05, 4.69) is 10.6 Å². The molecule has 16 heavy (non-hydrogen) atoms. The standard InChI is InChI=1S/C11H22N2OS2/c1-2-14-6-3-5-12-11(15)13-8-10-4-7-16-9-10/h10H,2-9H2,1H3,(H2,12,13,15). The van der Waals surface area contributed by atoms with Gasteiger partial charge in [-0.2, -0.15) is 11.8 Å². The van der Waals surface area contributed by atoms with Crippen molar-refractivity contribution in [3.63, 3.8) is 0 Å². The third kappa shape index (κ3) is 6.55. The molecule has 1 aliphatic heterocycles. The Morgan fingerprint density at radius 1 is 1.50 bits per heavy atom. The predicted molar refractivity (Wildman–Crippen MR) is 75.1 cm³/mol. The molecule has 1 rings (SSSR count). The van der Waals surface area contributed by atoms with Crippen LogP contribution in [-0.2, 0) is 4.74 Å². The molecule has 0 saturated carbocycles. The second-order valence-electron chi connectivity index (χ2n) is 3.92. The number of thioether (sulfide) groups is 1. The van der Waals surface area contributed by atoms with Gasteiger partial charge in [0.05, 0.1) is 0 Å². The highest BCUT2D eigenvalue weighted by Gasteiger charge is 2.14. The number of hydrogen-bond acceptors (Lipinski definition) is 3. The van der Waals surface area contributed by atoms with Crippen LogP contribution in [0.3, 0.4) is 0 Å². The second-order valence-corrected chi connectivity index (χ2v) is 5.47. The summed E-state index contributed by atoms with van der Waals surface area (Å²) in [5, 5.41) is 7.27. The SMILES string of the molecule is CCOCCCNC(=S)NCC1CCSC1. The van der Waals surface area contributed by atoms with E-state index in [4.69, 9.17) is 17.0 Å². The van der Waals surface area contributed by atoms with Gasteiger partial charge >= 0.3 is 0 Å². The van der Waals surface area contributed by atoms with E-state index in [0.717, 1.165) is 43.8 Å². The molecule has 0 aromatic rings. The average Bonchev–Trinajstić information content (AvgIpc) is 2.79. The fourth-order valence-electron chi connectivity index (χ4n) is 1.56. The quantitative estimate of drug-likeness (QED) is 0.538. The highest BCUT2D eigenvalue weighted by molar-refractivity contribution is 7.99. The summed E-state index contributed by atoms with van der Waals surface area (Å²) in [4.78, 5) is 0. The van der Waals surface area contributed by atoms with Crippen LogP contribution in [0, 0.1) is 5.92 Å². The highest BCUT2D eigenvalue weighted by atomic mass is 32.2. The van der Waals surface area contributed by atoms with Crippen molar-refractivity contribution in [3.8, 4) is 0 Å². The molecule has 0 aliphatic carbocycles. The Morgan fingerprint density at radius 3 is 3.06 bits per heavy atom. The van der Waals surface area contributed by atoms with E-state index in [9.17, 15) is 0 Å². The van der Waals surface area contributed by atoms with Crippen LogP contribution in [0.2, 0.25) is 0 Å². The molecule has 1 fully saturated rings. The summed E-state index contributed by atoms with van der Waals surface area (Å²) >= 11 is 7.24. The number of thiocarbonyl (C=S) groups is 1. The van der Waals surface area contributed by atoms with Gasteiger partial charge in [0, 0.05) is 26.3 Å². The predicted octanol–water partition coefficient (Wildman–Crippen LogP) is 1.63. The van der Waals surface area contributed by atoms with Crippen molar-refractivity contribution < 1.29 is 4.74 Å². The van der Waals surface area contributed by atoms with Crippen molar-refractivity contribution in [2.75, 3.05) is 37.8 Å². The molecule has 94 valence electrons. The smallest absolute Gasteiger partial charge is 0.166 e. The van der Waals surface area contributed by atoms with Gasteiger partial charge in [-0.25, -0.2) is 0 Å². The molecule has 1 aliphatic rings. The fourth-order valence-corrected chi connectivity index (χ4v) is 3.03. The highest BCUT2D eigenvalue weighted by Crippen LogP contribution is 2.22. The van der Waals surface area contributed by atoms with Crippen LogP contribution in [-0.4, -0.2) is 42.9 Å². The summed E-state index contributed by atoms with van der Waals surface area (Å²) in [6.07, 6.45) is 2.33. The van der Waals surface area contributed by atoms with E-state index >= 15 is 0 Å². The Kier molecular flexibility index (Phi) is 7.98. The maximum atomic E-state index is 5.25. The second kappa shape index (κ2) is 9.07. The number of ether oxygens (including phenoxy) is 1. The van der Waals surface area contributed by atoms with Crippen molar-refractivity contribution in [2.24, 2.45) is 5.92 Å². The zero-order valence-corrected chi connectivity index (χ0v) is 11.6. The van der Waals surface area contributed by atoms with Crippen LogP contribution in [0.1, 0.15) is 19.8 Å². The lowest BCUT2D eigenvalue weighted by atomic mass is 10.1. The number of nitrogens with one attached hydrogen (secondary N) is 2. The molecule has 3 nitrogen and oxygen atoms in total. The molecule has 0 bridgehead atoms. The fraction of sp³-hybridized carbons (Fsp3) is 0.909. The van der Waals surface area contributed by atoms with Crippen molar-refractivity contribution >= 4 is 29.1 Å². The van der Waals surface area contributed by atoms with Crippen molar-refractivity contribution in [2.45, 2.75) is 19.8 Å². The molecular weight excluding hydrogens is 240 g/mol.